The molecular formula is C12H23N3O. The first kappa shape index (κ1) is 11.9. The summed E-state index contributed by atoms with van der Waals surface area (Å²) in [5.41, 5.74) is 0. The summed E-state index contributed by atoms with van der Waals surface area (Å²) in [6, 6.07) is 0. The number of hydrogen-bond donors (Lipinski definition) is 1. The topological polar surface area (TPSA) is 35.6 Å². The lowest BCUT2D eigenvalue weighted by Crippen LogP contribution is -2.40. The Bertz CT molecular complexity index is 236. The summed E-state index contributed by atoms with van der Waals surface area (Å²) in [4.78, 5) is 16.3. The Morgan fingerprint density at radius 3 is 2.94 bits per heavy atom. The van der Waals surface area contributed by atoms with E-state index in [2.05, 4.69) is 17.1 Å². The van der Waals surface area contributed by atoms with Gasteiger partial charge >= 0.3 is 0 Å². The highest BCUT2D eigenvalue weighted by Gasteiger charge is 2.24. The number of carbonyl (C=O) groups is 1. The van der Waals surface area contributed by atoms with Crippen molar-refractivity contribution in [2.75, 3.05) is 45.8 Å². The average Bonchev–Trinajstić information content (AvgIpc) is 2.54. The molecule has 92 valence electrons. The molecule has 2 aliphatic rings. The fourth-order valence-corrected chi connectivity index (χ4v) is 2.51. The lowest BCUT2D eigenvalue weighted by Gasteiger charge is -2.23. The van der Waals surface area contributed by atoms with Gasteiger partial charge in [-0.1, -0.05) is 6.92 Å². The van der Waals surface area contributed by atoms with E-state index in [1.54, 1.807) is 0 Å². The van der Waals surface area contributed by atoms with E-state index < -0.39 is 0 Å². The third kappa shape index (κ3) is 3.19. The minimum Gasteiger partial charge on any atom is -0.341 e. The molecule has 0 radical (unpaired) electrons. The Morgan fingerprint density at radius 1 is 1.31 bits per heavy atom. The predicted molar refractivity (Wildman–Crippen MR) is 64.3 cm³/mol. The second kappa shape index (κ2) is 5.64. The fourth-order valence-electron chi connectivity index (χ4n) is 2.51. The molecule has 16 heavy (non-hydrogen) atoms. The van der Waals surface area contributed by atoms with E-state index in [1.165, 1.54) is 6.42 Å². The van der Waals surface area contributed by atoms with Crippen LogP contribution in [0.3, 0.4) is 0 Å². The van der Waals surface area contributed by atoms with Crippen molar-refractivity contribution in [3.63, 3.8) is 0 Å². The van der Waals surface area contributed by atoms with Crippen LogP contribution in [0.15, 0.2) is 0 Å². The first-order valence-corrected chi connectivity index (χ1v) is 6.46. The molecule has 0 spiro atoms. The van der Waals surface area contributed by atoms with Gasteiger partial charge in [0.25, 0.3) is 0 Å². The molecule has 2 rings (SSSR count). The summed E-state index contributed by atoms with van der Waals surface area (Å²) in [6.07, 6.45) is 2.33. The second-order valence-electron chi connectivity index (χ2n) is 5.11. The molecule has 4 heteroatoms. The van der Waals surface area contributed by atoms with Gasteiger partial charge in [0.05, 0.1) is 6.54 Å². The molecule has 2 fully saturated rings. The Kier molecular flexibility index (Phi) is 4.18. The van der Waals surface area contributed by atoms with Gasteiger partial charge in [-0.05, 0) is 31.8 Å². The lowest BCUT2D eigenvalue weighted by atomic mass is 10.2. The smallest absolute Gasteiger partial charge is 0.236 e. The summed E-state index contributed by atoms with van der Waals surface area (Å²) in [5, 5.41) is 3.36. The second-order valence-corrected chi connectivity index (χ2v) is 5.11. The molecule has 2 heterocycles. The maximum absolute atomic E-state index is 12.0. The molecule has 0 saturated carbocycles. The number of nitrogens with one attached hydrogen (secondary N) is 1. The quantitative estimate of drug-likeness (QED) is 0.726. The SMILES string of the molecule is CC1CCN(C(=O)CN2CCCNCC2)C1. The molecule has 2 saturated heterocycles. The van der Waals surface area contributed by atoms with Gasteiger partial charge in [-0.2, -0.15) is 0 Å². The van der Waals surface area contributed by atoms with Crippen LogP contribution in [-0.2, 0) is 4.79 Å². The maximum atomic E-state index is 12.0. The zero-order chi connectivity index (χ0) is 11.4. The number of likely N-dealkylation sites (tertiary alicyclic amines) is 1. The Hall–Kier alpha value is -0.610. The highest BCUT2D eigenvalue weighted by Crippen LogP contribution is 2.15. The van der Waals surface area contributed by atoms with Crippen LogP contribution in [-0.4, -0.2) is 61.5 Å². The number of nitrogens with zero attached hydrogens (tertiary/aromatic N) is 2. The molecule has 1 atom stereocenters. The van der Waals surface area contributed by atoms with Crippen molar-refractivity contribution >= 4 is 5.91 Å². The van der Waals surface area contributed by atoms with Crippen molar-refractivity contribution in [2.45, 2.75) is 19.8 Å². The Morgan fingerprint density at radius 2 is 2.19 bits per heavy atom. The first-order chi connectivity index (χ1) is 7.75. The van der Waals surface area contributed by atoms with Crippen LogP contribution in [0, 0.1) is 5.92 Å². The molecule has 0 aliphatic carbocycles. The molecule has 0 aromatic rings. The van der Waals surface area contributed by atoms with E-state index in [0.717, 1.165) is 45.7 Å². The zero-order valence-electron chi connectivity index (χ0n) is 10.2. The van der Waals surface area contributed by atoms with E-state index >= 15 is 0 Å². The molecule has 1 N–H and O–H groups in total. The van der Waals surface area contributed by atoms with Crippen LogP contribution in [0.25, 0.3) is 0 Å². The van der Waals surface area contributed by atoms with Gasteiger partial charge in [0.2, 0.25) is 5.91 Å². The van der Waals surface area contributed by atoms with Gasteiger partial charge in [-0.15, -0.1) is 0 Å². The lowest BCUT2D eigenvalue weighted by molar-refractivity contribution is -0.131. The van der Waals surface area contributed by atoms with Crippen molar-refractivity contribution in [3.05, 3.63) is 0 Å². The summed E-state index contributed by atoms with van der Waals surface area (Å²) >= 11 is 0. The summed E-state index contributed by atoms with van der Waals surface area (Å²) in [5.74, 6) is 1.01. The predicted octanol–water partition coefficient (Wildman–Crippen LogP) is 0.150. The normalized spacial score (nSPS) is 28.1. The maximum Gasteiger partial charge on any atom is 0.236 e. The van der Waals surface area contributed by atoms with E-state index in [1.807, 2.05) is 4.90 Å². The van der Waals surface area contributed by atoms with Crippen molar-refractivity contribution in [2.24, 2.45) is 5.92 Å². The fraction of sp³-hybridized carbons (Fsp3) is 0.917. The molecule has 1 unspecified atom stereocenters. The number of rotatable bonds is 2. The van der Waals surface area contributed by atoms with Gasteiger partial charge in [0.1, 0.15) is 0 Å². The van der Waals surface area contributed by atoms with Crippen molar-refractivity contribution < 1.29 is 4.79 Å². The molecule has 4 nitrogen and oxygen atoms in total. The highest BCUT2D eigenvalue weighted by atomic mass is 16.2. The highest BCUT2D eigenvalue weighted by molar-refractivity contribution is 5.78. The van der Waals surface area contributed by atoms with Crippen molar-refractivity contribution in [1.29, 1.82) is 0 Å². The number of carbonyl (C=O) groups excluding carboxylic acids is 1. The van der Waals surface area contributed by atoms with Gasteiger partial charge in [0.15, 0.2) is 0 Å². The van der Waals surface area contributed by atoms with Crippen LogP contribution < -0.4 is 5.32 Å². The molecule has 2 aliphatic heterocycles. The van der Waals surface area contributed by atoms with Gasteiger partial charge in [-0.3, -0.25) is 9.69 Å². The van der Waals surface area contributed by atoms with Crippen LogP contribution in [0.4, 0.5) is 0 Å². The summed E-state index contributed by atoms with van der Waals surface area (Å²) < 4.78 is 0. The molecule has 0 bridgehead atoms. The monoisotopic (exact) mass is 225 g/mol. The number of amides is 1. The summed E-state index contributed by atoms with van der Waals surface area (Å²) in [7, 11) is 0. The Labute approximate surface area is 98.0 Å². The first-order valence-electron chi connectivity index (χ1n) is 6.46. The molecule has 1 amide bonds. The van der Waals surface area contributed by atoms with Crippen molar-refractivity contribution in [1.82, 2.24) is 15.1 Å². The van der Waals surface area contributed by atoms with E-state index in [0.29, 0.717) is 18.4 Å². The summed E-state index contributed by atoms with van der Waals surface area (Å²) in [6.45, 7) is 8.95. The van der Waals surface area contributed by atoms with Crippen molar-refractivity contribution in [3.8, 4) is 0 Å². The average molecular weight is 225 g/mol. The van der Waals surface area contributed by atoms with Crippen LogP contribution >= 0.6 is 0 Å². The van der Waals surface area contributed by atoms with Crippen LogP contribution in [0.5, 0.6) is 0 Å². The molecule has 0 aromatic heterocycles. The zero-order valence-corrected chi connectivity index (χ0v) is 10.2. The van der Waals surface area contributed by atoms with Gasteiger partial charge in [0, 0.05) is 26.2 Å². The standard InChI is InChI=1S/C12H23N3O/c1-11-3-7-15(9-11)12(16)10-14-6-2-4-13-5-8-14/h11,13H,2-10H2,1H3. The minimum atomic E-state index is 0.325. The Balaban J connectivity index is 1.77. The van der Waals surface area contributed by atoms with E-state index in [-0.39, 0.29) is 0 Å². The van der Waals surface area contributed by atoms with Crippen LogP contribution in [0.2, 0.25) is 0 Å². The van der Waals surface area contributed by atoms with Gasteiger partial charge < -0.3 is 10.2 Å². The molecular weight excluding hydrogens is 202 g/mol. The van der Waals surface area contributed by atoms with Gasteiger partial charge in [-0.25, -0.2) is 0 Å². The third-order valence-electron chi connectivity index (χ3n) is 3.57. The number of hydrogen-bond acceptors (Lipinski definition) is 3. The van der Waals surface area contributed by atoms with E-state index in [9.17, 15) is 4.79 Å². The minimum absolute atomic E-state index is 0.325. The third-order valence-corrected chi connectivity index (χ3v) is 3.57. The van der Waals surface area contributed by atoms with E-state index in [4.69, 9.17) is 0 Å². The van der Waals surface area contributed by atoms with Crippen LogP contribution in [0.1, 0.15) is 19.8 Å². The largest absolute Gasteiger partial charge is 0.341 e. The molecule has 0 aromatic carbocycles.